The molecule has 0 radical (unpaired) electrons. The lowest BCUT2D eigenvalue weighted by molar-refractivity contribution is 0.166. The second-order valence-electron chi connectivity index (χ2n) is 5.72. The molecule has 0 spiro atoms. The highest BCUT2D eigenvalue weighted by Crippen LogP contribution is 2.24. The van der Waals surface area contributed by atoms with Crippen LogP contribution < -0.4 is 5.32 Å². The molecule has 0 aromatic carbocycles. The predicted octanol–water partition coefficient (Wildman–Crippen LogP) is 2.89. The molecular formula is C14H30N2. The molecule has 96 valence electrons. The number of nitrogens with zero attached hydrogens (tertiary/aromatic N) is 1. The summed E-state index contributed by atoms with van der Waals surface area (Å²) in [6, 6.07) is 1.58. The van der Waals surface area contributed by atoms with Gasteiger partial charge < -0.3 is 5.32 Å². The number of rotatable bonds is 7. The first-order chi connectivity index (χ1) is 7.65. The monoisotopic (exact) mass is 226 g/mol. The van der Waals surface area contributed by atoms with Gasteiger partial charge in [0, 0.05) is 18.6 Å². The highest BCUT2D eigenvalue weighted by Gasteiger charge is 2.24. The summed E-state index contributed by atoms with van der Waals surface area (Å²) in [6.45, 7) is 9.16. The fourth-order valence-electron chi connectivity index (χ4n) is 2.72. The first kappa shape index (κ1) is 14.0. The van der Waals surface area contributed by atoms with Gasteiger partial charge in [0.2, 0.25) is 0 Å². The van der Waals surface area contributed by atoms with Crippen LogP contribution in [0, 0.1) is 5.92 Å². The van der Waals surface area contributed by atoms with Gasteiger partial charge in [0.05, 0.1) is 0 Å². The summed E-state index contributed by atoms with van der Waals surface area (Å²) in [5.74, 6) is 0.759. The first-order valence-corrected chi connectivity index (χ1v) is 7.07. The standard InChI is InChI=1S/C14H30N2/c1-5-13(11-15-10-12(2)3)16(4)14-8-6-7-9-14/h12-15H,5-11H2,1-4H3. The average Bonchev–Trinajstić information content (AvgIpc) is 2.76. The fraction of sp³-hybridized carbons (Fsp3) is 1.00. The van der Waals surface area contributed by atoms with Crippen LogP contribution in [0.15, 0.2) is 0 Å². The first-order valence-electron chi connectivity index (χ1n) is 7.07. The second-order valence-corrected chi connectivity index (χ2v) is 5.72. The van der Waals surface area contributed by atoms with Gasteiger partial charge in [0.15, 0.2) is 0 Å². The quantitative estimate of drug-likeness (QED) is 0.718. The lowest BCUT2D eigenvalue weighted by Crippen LogP contribution is -2.44. The average molecular weight is 226 g/mol. The van der Waals surface area contributed by atoms with Crippen molar-refractivity contribution in [3.63, 3.8) is 0 Å². The maximum atomic E-state index is 3.60. The van der Waals surface area contributed by atoms with Crippen molar-refractivity contribution in [1.82, 2.24) is 10.2 Å². The predicted molar refractivity (Wildman–Crippen MR) is 71.8 cm³/mol. The minimum Gasteiger partial charge on any atom is -0.315 e. The molecule has 1 unspecified atom stereocenters. The van der Waals surface area contributed by atoms with E-state index in [1.807, 2.05) is 0 Å². The SMILES string of the molecule is CCC(CNCC(C)C)N(C)C1CCCC1. The molecule has 0 aromatic heterocycles. The van der Waals surface area contributed by atoms with Crippen molar-refractivity contribution in [2.75, 3.05) is 20.1 Å². The van der Waals surface area contributed by atoms with Gasteiger partial charge in [-0.1, -0.05) is 33.6 Å². The van der Waals surface area contributed by atoms with Crippen LogP contribution in [-0.2, 0) is 0 Å². The van der Waals surface area contributed by atoms with E-state index >= 15 is 0 Å². The number of nitrogens with one attached hydrogen (secondary N) is 1. The van der Waals surface area contributed by atoms with Crippen LogP contribution in [0.5, 0.6) is 0 Å². The molecule has 1 atom stereocenters. The van der Waals surface area contributed by atoms with Crippen molar-refractivity contribution < 1.29 is 0 Å². The number of likely N-dealkylation sites (N-methyl/N-ethyl adjacent to an activating group) is 1. The van der Waals surface area contributed by atoms with E-state index in [4.69, 9.17) is 0 Å². The maximum absolute atomic E-state index is 3.60. The molecule has 1 aliphatic rings. The number of hydrogen-bond acceptors (Lipinski definition) is 2. The lowest BCUT2D eigenvalue weighted by atomic mass is 10.1. The van der Waals surface area contributed by atoms with Crippen molar-refractivity contribution in [1.29, 1.82) is 0 Å². The summed E-state index contributed by atoms with van der Waals surface area (Å²) in [5, 5.41) is 3.60. The van der Waals surface area contributed by atoms with Gasteiger partial charge in [-0.15, -0.1) is 0 Å². The van der Waals surface area contributed by atoms with Crippen LogP contribution in [0.4, 0.5) is 0 Å². The summed E-state index contributed by atoms with van der Waals surface area (Å²) in [4.78, 5) is 2.63. The maximum Gasteiger partial charge on any atom is 0.0217 e. The van der Waals surface area contributed by atoms with Crippen LogP contribution in [-0.4, -0.2) is 37.1 Å². The molecule has 2 nitrogen and oxygen atoms in total. The molecule has 1 rings (SSSR count). The third kappa shape index (κ3) is 4.42. The summed E-state index contributed by atoms with van der Waals surface area (Å²) < 4.78 is 0. The van der Waals surface area contributed by atoms with Gasteiger partial charge in [-0.3, -0.25) is 4.90 Å². The van der Waals surface area contributed by atoms with Gasteiger partial charge >= 0.3 is 0 Å². The third-order valence-corrected chi connectivity index (χ3v) is 3.88. The molecule has 0 saturated heterocycles. The molecule has 0 heterocycles. The van der Waals surface area contributed by atoms with Crippen molar-refractivity contribution in [3.8, 4) is 0 Å². The summed E-state index contributed by atoms with van der Waals surface area (Å²) in [5.41, 5.74) is 0. The second kappa shape index (κ2) is 7.29. The molecule has 0 aliphatic heterocycles. The molecule has 1 aliphatic carbocycles. The van der Waals surface area contributed by atoms with E-state index in [2.05, 4.69) is 38.0 Å². The third-order valence-electron chi connectivity index (χ3n) is 3.88. The zero-order valence-electron chi connectivity index (χ0n) is 11.6. The molecule has 16 heavy (non-hydrogen) atoms. The Bertz CT molecular complexity index is 174. The van der Waals surface area contributed by atoms with Gasteiger partial charge in [0.25, 0.3) is 0 Å². The minimum absolute atomic E-state index is 0.724. The van der Waals surface area contributed by atoms with E-state index < -0.39 is 0 Å². The molecule has 0 aromatic rings. The van der Waals surface area contributed by atoms with Crippen LogP contribution in [0.1, 0.15) is 52.9 Å². The highest BCUT2D eigenvalue weighted by molar-refractivity contribution is 4.81. The molecule has 1 fully saturated rings. The van der Waals surface area contributed by atoms with Crippen molar-refractivity contribution >= 4 is 0 Å². The molecule has 1 saturated carbocycles. The Balaban J connectivity index is 2.28. The van der Waals surface area contributed by atoms with Crippen molar-refractivity contribution in [2.24, 2.45) is 5.92 Å². The molecule has 1 N–H and O–H groups in total. The Morgan fingerprint density at radius 2 is 1.81 bits per heavy atom. The van der Waals surface area contributed by atoms with Crippen LogP contribution in [0.25, 0.3) is 0 Å². The molecule has 2 heteroatoms. The Morgan fingerprint density at radius 1 is 1.19 bits per heavy atom. The van der Waals surface area contributed by atoms with E-state index in [-0.39, 0.29) is 0 Å². The Morgan fingerprint density at radius 3 is 2.31 bits per heavy atom. The van der Waals surface area contributed by atoms with Gasteiger partial charge in [0.1, 0.15) is 0 Å². The zero-order chi connectivity index (χ0) is 12.0. The smallest absolute Gasteiger partial charge is 0.0217 e. The van der Waals surface area contributed by atoms with E-state index in [0.29, 0.717) is 0 Å². The van der Waals surface area contributed by atoms with Gasteiger partial charge in [-0.25, -0.2) is 0 Å². The largest absolute Gasteiger partial charge is 0.315 e. The van der Waals surface area contributed by atoms with E-state index in [0.717, 1.165) is 31.1 Å². The lowest BCUT2D eigenvalue weighted by Gasteiger charge is -2.33. The van der Waals surface area contributed by atoms with Crippen LogP contribution >= 0.6 is 0 Å². The minimum atomic E-state index is 0.724. The van der Waals surface area contributed by atoms with Crippen LogP contribution in [0.3, 0.4) is 0 Å². The van der Waals surface area contributed by atoms with Gasteiger partial charge in [-0.2, -0.15) is 0 Å². The normalized spacial score (nSPS) is 19.9. The summed E-state index contributed by atoms with van der Waals surface area (Å²) in [7, 11) is 2.32. The van der Waals surface area contributed by atoms with E-state index in [9.17, 15) is 0 Å². The number of hydrogen-bond donors (Lipinski definition) is 1. The van der Waals surface area contributed by atoms with Crippen molar-refractivity contribution in [3.05, 3.63) is 0 Å². The van der Waals surface area contributed by atoms with E-state index in [1.165, 1.54) is 32.1 Å². The summed E-state index contributed by atoms with van der Waals surface area (Å²) >= 11 is 0. The Labute approximate surface area is 102 Å². The van der Waals surface area contributed by atoms with E-state index in [1.54, 1.807) is 0 Å². The Kier molecular flexibility index (Phi) is 6.37. The topological polar surface area (TPSA) is 15.3 Å². The highest BCUT2D eigenvalue weighted by atomic mass is 15.2. The summed E-state index contributed by atoms with van der Waals surface area (Å²) in [6.07, 6.45) is 6.96. The molecule has 0 amide bonds. The fourth-order valence-corrected chi connectivity index (χ4v) is 2.72. The van der Waals surface area contributed by atoms with Gasteiger partial charge in [-0.05, 0) is 38.8 Å². The molecule has 0 bridgehead atoms. The Hall–Kier alpha value is -0.0800. The van der Waals surface area contributed by atoms with Crippen molar-refractivity contribution in [2.45, 2.75) is 65.0 Å². The zero-order valence-corrected chi connectivity index (χ0v) is 11.6. The molecular weight excluding hydrogens is 196 g/mol. The van der Waals surface area contributed by atoms with Crippen LogP contribution in [0.2, 0.25) is 0 Å².